The van der Waals surface area contributed by atoms with E-state index in [1.54, 1.807) is 0 Å². The number of likely N-dealkylation sites (N-methyl/N-ethyl adjacent to an activating group) is 1. The van der Waals surface area contributed by atoms with Crippen molar-refractivity contribution in [2.45, 2.75) is 25.8 Å². The number of nitrogens with two attached hydrogens (primary N) is 1. The topological polar surface area (TPSA) is 62.9 Å². The van der Waals surface area contributed by atoms with E-state index in [0.29, 0.717) is 18.5 Å². The van der Waals surface area contributed by atoms with Gasteiger partial charge in [-0.15, -0.1) is 0 Å². The minimum Gasteiger partial charge on any atom is -0.382 e. The first-order valence-electron chi connectivity index (χ1n) is 7.95. The zero-order valence-corrected chi connectivity index (χ0v) is 14.1. The van der Waals surface area contributed by atoms with Gasteiger partial charge in [0, 0.05) is 25.8 Å². The van der Waals surface area contributed by atoms with Crippen LogP contribution >= 0.6 is 0 Å². The van der Waals surface area contributed by atoms with Gasteiger partial charge in [0.25, 0.3) is 0 Å². The molecule has 1 unspecified atom stereocenters. The Kier molecular flexibility index (Phi) is 9.26. The third-order valence-corrected chi connectivity index (χ3v) is 3.49. The summed E-state index contributed by atoms with van der Waals surface area (Å²) in [7, 11) is 4.16. The summed E-state index contributed by atoms with van der Waals surface area (Å²) in [4.78, 5) is 6.65. The predicted octanol–water partition coefficient (Wildman–Crippen LogP) is 1.49. The van der Waals surface area contributed by atoms with Crippen LogP contribution in [0.4, 0.5) is 0 Å². The Morgan fingerprint density at radius 2 is 2.05 bits per heavy atom. The van der Waals surface area contributed by atoms with Crippen LogP contribution in [0.15, 0.2) is 35.3 Å². The molecular weight excluding hydrogens is 276 g/mol. The molecule has 124 valence electrons. The fourth-order valence-electron chi connectivity index (χ4n) is 2.09. The minimum atomic E-state index is 0.339. The third-order valence-electron chi connectivity index (χ3n) is 3.49. The largest absolute Gasteiger partial charge is 0.382 e. The minimum absolute atomic E-state index is 0.339. The van der Waals surface area contributed by atoms with E-state index >= 15 is 0 Å². The highest BCUT2D eigenvalue weighted by Gasteiger charge is 2.11. The number of benzene rings is 1. The number of hydrogen-bond acceptors (Lipinski definition) is 3. The average molecular weight is 306 g/mol. The van der Waals surface area contributed by atoms with Crippen molar-refractivity contribution in [2.75, 3.05) is 40.4 Å². The molecule has 0 aromatic heterocycles. The predicted molar refractivity (Wildman–Crippen MR) is 93.2 cm³/mol. The van der Waals surface area contributed by atoms with Gasteiger partial charge in [-0.1, -0.05) is 30.3 Å². The summed E-state index contributed by atoms with van der Waals surface area (Å²) in [6, 6.07) is 10.8. The quantitative estimate of drug-likeness (QED) is 0.390. The highest BCUT2D eigenvalue weighted by atomic mass is 16.5. The average Bonchev–Trinajstić information content (AvgIpc) is 2.52. The van der Waals surface area contributed by atoms with Gasteiger partial charge in [-0.25, -0.2) is 0 Å². The van der Waals surface area contributed by atoms with Crippen LogP contribution in [0.1, 0.15) is 18.9 Å². The normalized spacial score (nSPS) is 13.4. The zero-order chi connectivity index (χ0) is 16.2. The number of nitrogens with one attached hydrogen (secondary N) is 1. The molecule has 0 radical (unpaired) electrons. The van der Waals surface area contributed by atoms with Gasteiger partial charge in [0.2, 0.25) is 0 Å². The molecular formula is C17H30N4O. The lowest BCUT2D eigenvalue weighted by Crippen LogP contribution is -2.37. The van der Waals surface area contributed by atoms with Crippen molar-refractivity contribution in [1.29, 1.82) is 0 Å². The molecule has 1 rings (SSSR count). The number of aliphatic imine (C=N–C) groups is 1. The summed E-state index contributed by atoms with van der Waals surface area (Å²) in [5, 5.41) is 3.13. The van der Waals surface area contributed by atoms with Gasteiger partial charge >= 0.3 is 0 Å². The van der Waals surface area contributed by atoms with Crippen LogP contribution < -0.4 is 11.1 Å². The highest BCUT2D eigenvalue weighted by molar-refractivity contribution is 5.77. The Labute approximate surface area is 134 Å². The zero-order valence-electron chi connectivity index (χ0n) is 14.1. The summed E-state index contributed by atoms with van der Waals surface area (Å²) < 4.78 is 5.28. The lowest BCUT2D eigenvalue weighted by molar-refractivity contribution is 0.145. The first-order valence-corrected chi connectivity index (χ1v) is 7.95. The Bertz CT molecular complexity index is 420. The molecule has 3 N–H and O–H groups in total. The van der Waals surface area contributed by atoms with Gasteiger partial charge in [-0.3, -0.25) is 4.99 Å². The molecule has 1 aromatic rings. The van der Waals surface area contributed by atoms with Crippen molar-refractivity contribution in [2.24, 2.45) is 10.7 Å². The molecule has 0 amide bonds. The molecule has 0 bridgehead atoms. The second kappa shape index (κ2) is 11.0. The number of rotatable bonds is 10. The first kappa shape index (κ1) is 18.5. The van der Waals surface area contributed by atoms with Crippen LogP contribution in [0.25, 0.3) is 0 Å². The van der Waals surface area contributed by atoms with E-state index < -0.39 is 0 Å². The Balaban J connectivity index is 2.37. The van der Waals surface area contributed by atoms with Crippen LogP contribution in [-0.4, -0.2) is 57.3 Å². The molecule has 0 fully saturated rings. The molecule has 0 spiro atoms. The fourth-order valence-corrected chi connectivity index (χ4v) is 2.09. The van der Waals surface area contributed by atoms with Gasteiger partial charge in [-0.05, 0) is 39.4 Å². The van der Waals surface area contributed by atoms with E-state index in [1.165, 1.54) is 5.56 Å². The van der Waals surface area contributed by atoms with Crippen molar-refractivity contribution in [3.05, 3.63) is 35.9 Å². The van der Waals surface area contributed by atoms with Crippen molar-refractivity contribution in [1.82, 2.24) is 10.2 Å². The second-order valence-corrected chi connectivity index (χ2v) is 5.51. The summed E-state index contributed by atoms with van der Waals surface area (Å²) in [6.45, 7) is 4.99. The van der Waals surface area contributed by atoms with Gasteiger partial charge in [0.15, 0.2) is 5.96 Å². The first-order chi connectivity index (χ1) is 10.6. The van der Waals surface area contributed by atoms with Gasteiger partial charge in [-0.2, -0.15) is 0 Å². The van der Waals surface area contributed by atoms with Crippen LogP contribution in [0.5, 0.6) is 0 Å². The maximum absolute atomic E-state index is 5.91. The molecule has 5 heteroatoms. The van der Waals surface area contributed by atoms with Crippen LogP contribution in [-0.2, 0) is 11.2 Å². The Hall–Kier alpha value is -1.59. The lowest BCUT2D eigenvalue weighted by Gasteiger charge is -2.23. The van der Waals surface area contributed by atoms with Gasteiger partial charge in [0.05, 0.1) is 6.54 Å². The molecule has 0 heterocycles. The molecule has 0 saturated carbocycles. The fraction of sp³-hybridized carbons (Fsp3) is 0.588. The number of ether oxygens (including phenoxy) is 1. The highest BCUT2D eigenvalue weighted by Crippen LogP contribution is 2.07. The number of hydrogen-bond donors (Lipinski definition) is 2. The maximum atomic E-state index is 5.91. The van der Waals surface area contributed by atoms with E-state index in [1.807, 2.05) is 13.0 Å². The summed E-state index contributed by atoms with van der Waals surface area (Å²) >= 11 is 0. The smallest absolute Gasteiger partial charge is 0.188 e. The Morgan fingerprint density at radius 1 is 1.32 bits per heavy atom. The van der Waals surface area contributed by atoms with E-state index in [4.69, 9.17) is 10.5 Å². The monoisotopic (exact) mass is 306 g/mol. The summed E-state index contributed by atoms with van der Waals surface area (Å²) in [5.74, 6) is 0.511. The van der Waals surface area contributed by atoms with Crippen molar-refractivity contribution < 1.29 is 4.74 Å². The van der Waals surface area contributed by atoms with Crippen molar-refractivity contribution >= 4 is 5.96 Å². The SMILES string of the molecule is CCOCCCNC(N)=NCC(Cc1ccccc1)N(C)C. The van der Waals surface area contributed by atoms with E-state index in [9.17, 15) is 0 Å². The maximum Gasteiger partial charge on any atom is 0.188 e. The number of guanidine groups is 1. The molecule has 5 nitrogen and oxygen atoms in total. The lowest BCUT2D eigenvalue weighted by atomic mass is 10.1. The molecule has 0 saturated heterocycles. The van der Waals surface area contributed by atoms with E-state index in [-0.39, 0.29) is 0 Å². The van der Waals surface area contributed by atoms with Crippen LogP contribution in [0.3, 0.4) is 0 Å². The van der Waals surface area contributed by atoms with Crippen molar-refractivity contribution in [3.63, 3.8) is 0 Å². The molecule has 0 aliphatic rings. The van der Waals surface area contributed by atoms with Gasteiger partial charge in [0.1, 0.15) is 0 Å². The Morgan fingerprint density at radius 3 is 2.68 bits per heavy atom. The van der Waals surface area contributed by atoms with E-state index in [0.717, 1.165) is 32.6 Å². The molecule has 0 aliphatic carbocycles. The van der Waals surface area contributed by atoms with Crippen LogP contribution in [0, 0.1) is 0 Å². The van der Waals surface area contributed by atoms with Gasteiger partial charge < -0.3 is 20.7 Å². The standard InChI is InChI=1S/C17H30N4O/c1-4-22-12-8-11-19-17(18)20-14-16(21(2)3)13-15-9-6-5-7-10-15/h5-7,9-10,16H,4,8,11-14H2,1-3H3,(H3,18,19,20). The summed E-state index contributed by atoms with van der Waals surface area (Å²) in [5.41, 5.74) is 7.23. The number of nitrogens with zero attached hydrogens (tertiary/aromatic N) is 2. The summed E-state index contributed by atoms with van der Waals surface area (Å²) in [6.07, 6.45) is 1.90. The third kappa shape index (κ3) is 8.00. The molecule has 1 atom stereocenters. The molecule has 1 aromatic carbocycles. The van der Waals surface area contributed by atoms with Crippen LogP contribution in [0.2, 0.25) is 0 Å². The van der Waals surface area contributed by atoms with E-state index in [2.05, 4.69) is 53.6 Å². The second-order valence-electron chi connectivity index (χ2n) is 5.51. The molecule has 22 heavy (non-hydrogen) atoms. The molecule has 0 aliphatic heterocycles. The van der Waals surface area contributed by atoms with Crippen molar-refractivity contribution in [3.8, 4) is 0 Å².